The van der Waals surface area contributed by atoms with Crippen LogP contribution in [0.4, 0.5) is 0 Å². The molecule has 3 heteroatoms. The second-order valence-electron chi connectivity index (χ2n) is 4.33. The monoisotopic (exact) mass is 158 g/mol. The molecule has 1 aliphatic rings. The molecule has 0 atom stereocenters. The Hall–Kier alpha value is 0.137. The van der Waals surface area contributed by atoms with E-state index in [-0.39, 0.29) is 0 Å². The van der Waals surface area contributed by atoms with E-state index in [2.05, 4.69) is 37.0 Å². The molecule has 60 valence electrons. The highest BCUT2D eigenvalue weighted by molar-refractivity contribution is 6.77. The van der Waals surface area contributed by atoms with Gasteiger partial charge in [-0.05, 0) is 26.4 Å². The summed E-state index contributed by atoms with van der Waals surface area (Å²) in [7, 11) is 3.56. The minimum Gasteiger partial charge on any atom is -0.296 e. The first-order valence-corrected chi connectivity index (χ1v) is 7.28. The van der Waals surface area contributed by atoms with E-state index < -0.39 is 8.07 Å². The normalized spacial score (nSPS) is 28.8. The lowest BCUT2D eigenvalue weighted by atomic mass is 10.8. The van der Waals surface area contributed by atoms with Gasteiger partial charge >= 0.3 is 0 Å². The molecule has 0 amide bonds. The fourth-order valence-electron chi connectivity index (χ4n) is 2.02. The molecule has 10 heavy (non-hydrogen) atoms. The summed E-state index contributed by atoms with van der Waals surface area (Å²) in [6.45, 7) is 6.06. The Morgan fingerprint density at radius 3 is 1.70 bits per heavy atom. The van der Waals surface area contributed by atoms with E-state index in [1.54, 1.807) is 0 Å². The van der Waals surface area contributed by atoms with Crippen LogP contribution >= 0.6 is 0 Å². The van der Waals surface area contributed by atoms with Gasteiger partial charge in [-0.3, -0.25) is 9.80 Å². The molecular weight excluding hydrogens is 140 g/mol. The van der Waals surface area contributed by atoms with Gasteiger partial charge in [-0.1, -0.05) is 13.1 Å². The fraction of sp³-hybridized carbons (Fsp3) is 1.00. The molecule has 0 aromatic heterocycles. The van der Waals surface area contributed by atoms with Gasteiger partial charge in [-0.2, -0.15) is 0 Å². The van der Waals surface area contributed by atoms with E-state index in [9.17, 15) is 0 Å². The minimum absolute atomic E-state index is 0.865. The molecular formula is C7H18N2Si. The van der Waals surface area contributed by atoms with Gasteiger partial charge < -0.3 is 0 Å². The van der Waals surface area contributed by atoms with Crippen molar-refractivity contribution in [1.29, 1.82) is 0 Å². The molecule has 0 radical (unpaired) electrons. The molecule has 0 bridgehead atoms. The van der Waals surface area contributed by atoms with Gasteiger partial charge in [0.25, 0.3) is 0 Å². The van der Waals surface area contributed by atoms with Crippen LogP contribution in [0.25, 0.3) is 0 Å². The van der Waals surface area contributed by atoms with Crippen LogP contribution in [0.2, 0.25) is 13.1 Å². The predicted molar refractivity (Wildman–Crippen MR) is 47.6 cm³/mol. The molecule has 1 fully saturated rings. The number of hydrogen-bond acceptors (Lipinski definition) is 2. The van der Waals surface area contributed by atoms with Gasteiger partial charge in [0.2, 0.25) is 0 Å². The highest BCUT2D eigenvalue weighted by Crippen LogP contribution is 2.11. The maximum absolute atomic E-state index is 2.46. The number of rotatable bonds is 0. The summed E-state index contributed by atoms with van der Waals surface area (Å²) in [5.74, 6) is 0. The smallest absolute Gasteiger partial charge is 0.0780 e. The lowest BCUT2D eigenvalue weighted by Gasteiger charge is -2.40. The van der Waals surface area contributed by atoms with Gasteiger partial charge in [-0.15, -0.1) is 0 Å². The van der Waals surface area contributed by atoms with Crippen molar-refractivity contribution in [3.8, 4) is 0 Å². The molecule has 0 saturated carbocycles. The Morgan fingerprint density at radius 1 is 1.00 bits per heavy atom. The van der Waals surface area contributed by atoms with E-state index >= 15 is 0 Å². The van der Waals surface area contributed by atoms with Crippen LogP contribution in [0.5, 0.6) is 0 Å². The van der Waals surface area contributed by atoms with Crippen LogP contribution in [0.3, 0.4) is 0 Å². The largest absolute Gasteiger partial charge is 0.296 e. The van der Waals surface area contributed by atoms with Crippen molar-refractivity contribution in [1.82, 2.24) is 9.80 Å². The van der Waals surface area contributed by atoms with Crippen molar-refractivity contribution < 1.29 is 0 Å². The second kappa shape index (κ2) is 2.64. The highest BCUT2D eigenvalue weighted by atomic mass is 28.3. The van der Waals surface area contributed by atoms with Crippen LogP contribution < -0.4 is 0 Å². The lowest BCUT2D eigenvalue weighted by molar-refractivity contribution is 0.198. The number of nitrogens with zero attached hydrogens (tertiary/aromatic N) is 2. The molecule has 1 rings (SSSR count). The molecule has 0 unspecified atom stereocenters. The van der Waals surface area contributed by atoms with Gasteiger partial charge in [0.15, 0.2) is 0 Å². The van der Waals surface area contributed by atoms with Crippen LogP contribution in [-0.2, 0) is 0 Å². The van der Waals surface area contributed by atoms with E-state index in [4.69, 9.17) is 0 Å². The van der Waals surface area contributed by atoms with Crippen molar-refractivity contribution in [2.45, 2.75) is 13.1 Å². The Kier molecular flexibility index (Phi) is 2.17. The van der Waals surface area contributed by atoms with Crippen molar-refractivity contribution in [2.24, 2.45) is 0 Å². The first kappa shape index (κ1) is 8.24. The summed E-state index contributed by atoms with van der Waals surface area (Å²) in [5, 5.41) is 0. The fourth-order valence-corrected chi connectivity index (χ4v) is 5.25. The molecule has 0 spiro atoms. The molecule has 0 aliphatic carbocycles. The molecule has 1 saturated heterocycles. The Balaban J connectivity index is 2.51. The van der Waals surface area contributed by atoms with Gasteiger partial charge in [0.1, 0.15) is 0 Å². The molecule has 1 heterocycles. The lowest BCUT2D eigenvalue weighted by Crippen LogP contribution is -2.57. The van der Waals surface area contributed by atoms with E-state index in [1.165, 1.54) is 12.3 Å². The highest BCUT2D eigenvalue weighted by Gasteiger charge is 2.29. The van der Waals surface area contributed by atoms with Crippen LogP contribution in [0.15, 0.2) is 0 Å². The second-order valence-corrected chi connectivity index (χ2v) is 9.29. The maximum Gasteiger partial charge on any atom is 0.0780 e. The Morgan fingerprint density at radius 2 is 1.40 bits per heavy atom. The third-order valence-corrected chi connectivity index (χ3v) is 4.67. The summed E-state index contributed by atoms with van der Waals surface area (Å²) in [5.41, 5.74) is 0. The van der Waals surface area contributed by atoms with Crippen LogP contribution in [0.1, 0.15) is 0 Å². The SMILES string of the molecule is CN1CN(C)C[Si](C)(C)C1. The first-order chi connectivity index (χ1) is 4.49. The molecule has 0 N–H and O–H groups in total. The summed E-state index contributed by atoms with van der Waals surface area (Å²) in [4.78, 5) is 4.85. The van der Waals surface area contributed by atoms with E-state index in [1.807, 2.05) is 0 Å². The van der Waals surface area contributed by atoms with Crippen molar-refractivity contribution in [3.05, 3.63) is 0 Å². The summed E-state index contributed by atoms with van der Waals surface area (Å²) >= 11 is 0. The predicted octanol–water partition coefficient (Wildman–Crippen LogP) is 0.608. The third kappa shape index (κ3) is 2.07. The Bertz CT molecular complexity index is 113. The Labute approximate surface area is 64.8 Å². The quantitative estimate of drug-likeness (QED) is 0.477. The van der Waals surface area contributed by atoms with Gasteiger partial charge in [-0.25, -0.2) is 0 Å². The number of hydrogen-bond donors (Lipinski definition) is 0. The molecule has 0 aromatic rings. The van der Waals surface area contributed by atoms with Gasteiger partial charge in [0.05, 0.1) is 8.07 Å². The zero-order valence-electron chi connectivity index (χ0n) is 7.52. The standard InChI is InChI=1S/C7H18N2Si/c1-8-5-9(2)7-10(3,4)6-8/h5-7H2,1-4H3. The van der Waals surface area contributed by atoms with E-state index in [0.29, 0.717) is 0 Å². The molecule has 2 nitrogen and oxygen atoms in total. The third-order valence-electron chi connectivity index (χ3n) is 1.88. The van der Waals surface area contributed by atoms with E-state index in [0.717, 1.165) is 6.67 Å². The minimum atomic E-state index is -0.865. The first-order valence-electron chi connectivity index (χ1n) is 3.87. The van der Waals surface area contributed by atoms with Crippen molar-refractivity contribution in [3.63, 3.8) is 0 Å². The van der Waals surface area contributed by atoms with Crippen molar-refractivity contribution >= 4 is 8.07 Å². The molecule has 1 aliphatic heterocycles. The van der Waals surface area contributed by atoms with Crippen LogP contribution in [-0.4, -0.2) is 51.0 Å². The average molecular weight is 158 g/mol. The summed E-state index contributed by atoms with van der Waals surface area (Å²) in [6.07, 6.45) is 2.72. The van der Waals surface area contributed by atoms with Gasteiger partial charge in [0, 0.05) is 6.67 Å². The summed E-state index contributed by atoms with van der Waals surface area (Å²) in [6, 6.07) is 0. The van der Waals surface area contributed by atoms with Crippen LogP contribution in [0, 0.1) is 0 Å². The summed E-state index contributed by atoms with van der Waals surface area (Å²) < 4.78 is 0. The zero-order valence-corrected chi connectivity index (χ0v) is 8.52. The van der Waals surface area contributed by atoms with Crippen molar-refractivity contribution in [2.75, 3.05) is 33.1 Å². The zero-order chi connectivity index (χ0) is 7.78. The maximum atomic E-state index is 2.46. The topological polar surface area (TPSA) is 6.48 Å². The molecule has 0 aromatic carbocycles. The average Bonchev–Trinajstić information content (AvgIpc) is 1.54.